The molecule has 0 bridgehead atoms. The topological polar surface area (TPSA) is 34.0 Å². The monoisotopic (exact) mass is 372 g/mol. The zero-order valence-corrected chi connectivity index (χ0v) is 15.7. The molecule has 1 amide bonds. The van der Waals surface area contributed by atoms with Crippen LogP contribution in [0.15, 0.2) is 96.0 Å². The number of rotatable bonds is 6. The summed E-state index contributed by atoms with van der Waals surface area (Å²) < 4.78 is 2.25. The number of fused-ring (bicyclic) bond motifs is 1. The van der Waals surface area contributed by atoms with E-state index in [-0.39, 0.29) is 5.91 Å². The lowest BCUT2D eigenvalue weighted by atomic mass is 10.2. The number of hydrogen-bond donors (Lipinski definition) is 1. The summed E-state index contributed by atoms with van der Waals surface area (Å²) in [6, 6.07) is 28.3. The number of nitrogens with one attached hydrogen (secondary N) is 1. The number of aromatic nitrogens is 1. The maximum absolute atomic E-state index is 12.3. The number of anilines is 1. The van der Waals surface area contributed by atoms with Crippen molar-refractivity contribution in [3.8, 4) is 0 Å². The summed E-state index contributed by atoms with van der Waals surface area (Å²) in [4.78, 5) is 13.4. The van der Waals surface area contributed by atoms with Crippen molar-refractivity contribution in [2.75, 3.05) is 11.1 Å². The van der Waals surface area contributed by atoms with Crippen LogP contribution in [0.1, 0.15) is 5.56 Å². The Bertz CT molecular complexity index is 1040. The first-order chi connectivity index (χ1) is 13.3. The van der Waals surface area contributed by atoms with E-state index in [2.05, 4.69) is 58.5 Å². The van der Waals surface area contributed by atoms with Crippen LogP contribution in [0.4, 0.5) is 5.69 Å². The van der Waals surface area contributed by atoms with E-state index in [0.29, 0.717) is 5.75 Å². The molecule has 27 heavy (non-hydrogen) atoms. The molecule has 4 rings (SSSR count). The van der Waals surface area contributed by atoms with E-state index >= 15 is 0 Å². The smallest absolute Gasteiger partial charge is 0.234 e. The summed E-state index contributed by atoms with van der Waals surface area (Å²) in [5.41, 5.74) is 3.28. The highest BCUT2D eigenvalue weighted by Crippen LogP contribution is 2.30. The van der Waals surface area contributed by atoms with Gasteiger partial charge < -0.3 is 9.88 Å². The highest BCUT2D eigenvalue weighted by atomic mass is 32.2. The molecule has 0 fully saturated rings. The normalized spacial score (nSPS) is 10.8. The van der Waals surface area contributed by atoms with Crippen molar-refractivity contribution in [1.82, 2.24) is 4.57 Å². The van der Waals surface area contributed by atoms with Crippen molar-refractivity contribution in [2.24, 2.45) is 0 Å². The number of nitrogens with zero attached hydrogens (tertiary/aromatic N) is 1. The fourth-order valence-corrected chi connectivity index (χ4v) is 3.99. The zero-order valence-electron chi connectivity index (χ0n) is 14.8. The number of carbonyl (C=O) groups is 1. The number of thioether (sulfide) groups is 1. The van der Waals surface area contributed by atoms with Crippen molar-refractivity contribution < 1.29 is 4.79 Å². The standard InChI is InChI=1S/C23H20N2OS/c26-23(24-19-11-5-2-6-12-19)17-27-22-16-25(15-18-9-3-1-4-10-18)21-14-8-7-13-20(21)22/h1-14,16H,15,17H2,(H,24,26). The van der Waals surface area contributed by atoms with Crippen LogP contribution in [0.25, 0.3) is 10.9 Å². The SMILES string of the molecule is O=C(CSc1cn(Cc2ccccc2)c2ccccc12)Nc1ccccc1. The average molecular weight is 372 g/mol. The van der Waals surface area contributed by atoms with Gasteiger partial charge in [0.1, 0.15) is 0 Å². The Kier molecular flexibility index (Phi) is 5.26. The second kappa shape index (κ2) is 8.14. The Morgan fingerprint density at radius 2 is 1.52 bits per heavy atom. The molecule has 0 unspecified atom stereocenters. The highest BCUT2D eigenvalue weighted by molar-refractivity contribution is 8.00. The van der Waals surface area contributed by atoms with Crippen LogP contribution in [0.5, 0.6) is 0 Å². The van der Waals surface area contributed by atoms with E-state index in [0.717, 1.165) is 17.1 Å². The molecule has 4 heteroatoms. The largest absolute Gasteiger partial charge is 0.342 e. The molecule has 1 heterocycles. The molecule has 0 aliphatic carbocycles. The van der Waals surface area contributed by atoms with Crippen LogP contribution >= 0.6 is 11.8 Å². The summed E-state index contributed by atoms with van der Waals surface area (Å²) in [6.45, 7) is 0.818. The molecule has 1 N–H and O–H groups in total. The van der Waals surface area contributed by atoms with E-state index in [1.165, 1.54) is 16.5 Å². The van der Waals surface area contributed by atoms with Gasteiger partial charge in [0.2, 0.25) is 5.91 Å². The van der Waals surface area contributed by atoms with E-state index in [9.17, 15) is 4.79 Å². The van der Waals surface area contributed by atoms with Crippen molar-refractivity contribution in [2.45, 2.75) is 11.4 Å². The van der Waals surface area contributed by atoms with Gasteiger partial charge in [-0.05, 0) is 23.8 Å². The van der Waals surface area contributed by atoms with Gasteiger partial charge in [0.15, 0.2) is 0 Å². The molecule has 0 aliphatic rings. The van der Waals surface area contributed by atoms with Gasteiger partial charge in [0.05, 0.1) is 5.75 Å². The molecular formula is C23H20N2OS. The van der Waals surface area contributed by atoms with E-state index in [1.54, 1.807) is 11.8 Å². The summed E-state index contributed by atoms with van der Waals surface area (Å²) in [5.74, 6) is 0.389. The quantitative estimate of drug-likeness (QED) is 0.459. The predicted octanol–water partition coefficient (Wildman–Crippen LogP) is 5.42. The number of benzene rings is 3. The van der Waals surface area contributed by atoms with E-state index in [1.807, 2.05) is 42.5 Å². The lowest BCUT2D eigenvalue weighted by Crippen LogP contribution is -2.13. The van der Waals surface area contributed by atoms with Crippen molar-refractivity contribution in [3.05, 3.63) is 96.7 Å². The zero-order chi connectivity index (χ0) is 18.5. The first-order valence-electron chi connectivity index (χ1n) is 8.89. The lowest BCUT2D eigenvalue weighted by molar-refractivity contribution is -0.113. The Labute approximate surface area is 163 Å². The summed E-state index contributed by atoms with van der Waals surface area (Å²) in [7, 11) is 0. The average Bonchev–Trinajstić information content (AvgIpc) is 3.06. The van der Waals surface area contributed by atoms with Gasteiger partial charge in [-0.25, -0.2) is 0 Å². The van der Waals surface area contributed by atoms with Crippen LogP contribution < -0.4 is 5.32 Å². The maximum atomic E-state index is 12.3. The van der Waals surface area contributed by atoms with Crippen LogP contribution in [0, 0.1) is 0 Å². The molecule has 0 radical (unpaired) electrons. The summed E-state index contributed by atoms with van der Waals surface area (Å²) in [6.07, 6.45) is 2.15. The minimum Gasteiger partial charge on any atom is -0.342 e. The van der Waals surface area contributed by atoms with Gasteiger partial charge in [-0.1, -0.05) is 66.7 Å². The van der Waals surface area contributed by atoms with Crippen LogP contribution in [-0.4, -0.2) is 16.2 Å². The molecule has 1 aromatic heterocycles. The van der Waals surface area contributed by atoms with Crippen LogP contribution in [0.2, 0.25) is 0 Å². The fraction of sp³-hybridized carbons (Fsp3) is 0.0870. The van der Waals surface area contributed by atoms with Gasteiger partial charge in [-0.2, -0.15) is 0 Å². The first kappa shape index (κ1) is 17.4. The van der Waals surface area contributed by atoms with Gasteiger partial charge in [0.25, 0.3) is 0 Å². The molecule has 0 spiro atoms. The second-order valence-electron chi connectivity index (χ2n) is 6.33. The third-order valence-electron chi connectivity index (χ3n) is 4.36. The molecular weight excluding hydrogens is 352 g/mol. The Morgan fingerprint density at radius 3 is 2.30 bits per heavy atom. The van der Waals surface area contributed by atoms with Gasteiger partial charge in [-0.3, -0.25) is 4.79 Å². The van der Waals surface area contributed by atoms with E-state index in [4.69, 9.17) is 0 Å². The summed E-state index contributed by atoms with van der Waals surface area (Å²) >= 11 is 1.58. The molecule has 0 atom stereocenters. The molecule has 0 saturated carbocycles. The Balaban J connectivity index is 1.51. The van der Waals surface area contributed by atoms with E-state index < -0.39 is 0 Å². The fourth-order valence-electron chi connectivity index (χ4n) is 3.10. The number of amides is 1. The van der Waals surface area contributed by atoms with Gasteiger partial charge in [0, 0.05) is 34.2 Å². The van der Waals surface area contributed by atoms with Crippen LogP contribution in [-0.2, 0) is 11.3 Å². The van der Waals surface area contributed by atoms with Gasteiger partial charge in [-0.15, -0.1) is 11.8 Å². The van der Waals surface area contributed by atoms with Crippen molar-refractivity contribution >= 4 is 34.3 Å². The molecule has 3 nitrogen and oxygen atoms in total. The Morgan fingerprint density at radius 1 is 0.852 bits per heavy atom. The lowest BCUT2D eigenvalue weighted by Gasteiger charge is -2.05. The predicted molar refractivity (Wildman–Crippen MR) is 113 cm³/mol. The highest BCUT2D eigenvalue weighted by Gasteiger charge is 2.11. The number of hydrogen-bond acceptors (Lipinski definition) is 2. The molecule has 0 aliphatic heterocycles. The summed E-state index contributed by atoms with van der Waals surface area (Å²) in [5, 5.41) is 4.13. The van der Waals surface area contributed by atoms with Crippen LogP contribution in [0.3, 0.4) is 0 Å². The number of carbonyl (C=O) groups excluding carboxylic acids is 1. The second-order valence-corrected chi connectivity index (χ2v) is 7.34. The third kappa shape index (κ3) is 4.23. The maximum Gasteiger partial charge on any atom is 0.234 e. The Hall–Kier alpha value is -2.98. The minimum absolute atomic E-state index is 0.00564. The number of para-hydroxylation sites is 2. The molecule has 3 aromatic carbocycles. The van der Waals surface area contributed by atoms with Crippen molar-refractivity contribution in [3.63, 3.8) is 0 Å². The third-order valence-corrected chi connectivity index (χ3v) is 5.41. The van der Waals surface area contributed by atoms with Crippen molar-refractivity contribution in [1.29, 1.82) is 0 Å². The first-order valence-corrected chi connectivity index (χ1v) is 9.88. The van der Waals surface area contributed by atoms with Gasteiger partial charge >= 0.3 is 0 Å². The molecule has 0 saturated heterocycles. The molecule has 134 valence electrons. The minimum atomic E-state index is 0.00564. The molecule has 4 aromatic rings.